The van der Waals surface area contributed by atoms with E-state index in [1.807, 2.05) is 0 Å². The molecule has 0 saturated heterocycles. The number of benzene rings is 20. The molecule has 0 amide bonds. The first kappa shape index (κ1) is 62.3. The molecule has 0 unspecified atom stereocenters. The number of para-hydroxylation sites is 2. The lowest BCUT2D eigenvalue weighted by molar-refractivity contribution is 1.19. The van der Waals surface area contributed by atoms with Gasteiger partial charge in [0.1, 0.15) is 0 Å². The molecule has 20 aromatic carbocycles. The first-order valence-corrected chi connectivity index (χ1v) is 37.2. The van der Waals surface area contributed by atoms with Gasteiger partial charge in [-0.05, 0) is 219 Å². The molecule has 0 bridgehead atoms. The van der Waals surface area contributed by atoms with Crippen molar-refractivity contribution >= 4 is 164 Å². The van der Waals surface area contributed by atoms with Crippen molar-refractivity contribution in [2.75, 3.05) is 9.80 Å². The fourth-order valence-electron chi connectivity index (χ4n) is 17.2. The Kier molecular flexibility index (Phi) is 14.9. The van der Waals surface area contributed by atoms with E-state index in [4.69, 9.17) is 0 Å². The molecule has 108 heavy (non-hydrogen) atoms. The SMILES string of the molecule is c1ccc(N(c2ccc(-c3ccc4ccccc4c3)cc2)c2ccc(-n3c4ccc5ccccc5c4c4c5ccccc5ccc43)c3ccccc23)cc1.c1ccc(N(c2ccc(-c3ccc4ccccc4c3)cc2)c2ccc3cc(-n4c5ccc6ccccc6c5c5c6ccccc6ccc54)ccc3c2)cc1. The summed E-state index contributed by atoms with van der Waals surface area (Å²) in [4.78, 5) is 4.74. The maximum atomic E-state index is 2.49. The average Bonchev–Trinajstić information content (AvgIpc) is 1.56. The van der Waals surface area contributed by atoms with Gasteiger partial charge >= 0.3 is 0 Å². The molecular formula is C104H68N4. The molecule has 0 spiro atoms. The Morgan fingerprint density at radius 2 is 0.481 bits per heavy atom. The van der Waals surface area contributed by atoms with Gasteiger partial charge < -0.3 is 18.9 Å². The predicted octanol–water partition coefficient (Wildman–Crippen LogP) is 29.1. The van der Waals surface area contributed by atoms with Gasteiger partial charge in [0, 0.05) is 66.4 Å². The summed E-state index contributed by atoms with van der Waals surface area (Å²) in [6.07, 6.45) is 0. The highest BCUT2D eigenvalue weighted by Gasteiger charge is 2.24. The van der Waals surface area contributed by atoms with Gasteiger partial charge in [-0.25, -0.2) is 0 Å². The summed E-state index contributed by atoms with van der Waals surface area (Å²) in [5.74, 6) is 0. The largest absolute Gasteiger partial charge is 0.310 e. The summed E-state index contributed by atoms with van der Waals surface area (Å²) in [7, 11) is 0. The third-order valence-electron chi connectivity index (χ3n) is 22.2. The van der Waals surface area contributed by atoms with E-state index in [1.54, 1.807) is 0 Å². The molecule has 0 radical (unpaired) electrons. The topological polar surface area (TPSA) is 16.3 Å². The Bertz CT molecular complexity index is 7110. The number of hydrogen-bond acceptors (Lipinski definition) is 2. The Labute approximate surface area is 624 Å². The van der Waals surface area contributed by atoms with Gasteiger partial charge in [-0.2, -0.15) is 0 Å². The molecule has 0 fully saturated rings. The second kappa shape index (κ2) is 25.8. The zero-order valence-electron chi connectivity index (χ0n) is 59.0. The molecule has 0 aliphatic carbocycles. The van der Waals surface area contributed by atoms with Crippen LogP contribution in [0.3, 0.4) is 0 Å². The van der Waals surface area contributed by atoms with E-state index < -0.39 is 0 Å². The van der Waals surface area contributed by atoms with Gasteiger partial charge in [-0.15, -0.1) is 0 Å². The highest BCUT2D eigenvalue weighted by atomic mass is 15.1. The van der Waals surface area contributed by atoms with Crippen LogP contribution in [0, 0.1) is 0 Å². The molecule has 0 N–H and O–H groups in total. The molecule has 22 rings (SSSR count). The molecule has 22 aromatic rings. The first-order chi connectivity index (χ1) is 53.6. The van der Waals surface area contributed by atoms with E-state index in [0.29, 0.717) is 0 Å². The van der Waals surface area contributed by atoms with Crippen LogP contribution >= 0.6 is 0 Å². The first-order valence-electron chi connectivity index (χ1n) is 37.2. The van der Waals surface area contributed by atoms with E-state index in [2.05, 4.69) is 431 Å². The van der Waals surface area contributed by atoms with Crippen molar-refractivity contribution in [2.45, 2.75) is 0 Å². The van der Waals surface area contributed by atoms with Crippen LogP contribution in [0.2, 0.25) is 0 Å². The summed E-state index contributed by atoms with van der Waals surface area (Å²) < 4.78 is 4.94. The minimum absolute atomic E-state index is 1.11. The second-order valence-electron chi connectivity index (χ2n) is 28.3. The molecule has 2 heterocycles. The lowest BCUT2D eigenvalue weighted by Gasteiger charge is -2.28. The minimum Gasteiger partial charge on any atom is -0.310 e. The van der Waals surface area contributed by atoms with Crippen LogP contribution in [0.15, 0.2) is 413 Å². The highest BCUT2D eigenvalue weighted by Crippen LogP contribution is 2.47. The van der Waals surface area contributed by atoms with Gasteiger partial charge in [-0.3, -0.25) is 0 Å². The fraction of sp³-hybridized carbons (Fsp3) is 0. The number of hydrogen-bond donors (Lipinski definition) is 0. The van der Waals surface area contributed by atoms with Crippen LogP contribution in [0.1, 0.15) is 0 Å². The average molecular weight is 1370 g/mol. The van der Waals surface area contributed by atoms with Gasteiger partial charge in [0.15, 0.2) is 0 Å². The smallest absolute Gasteiger partial charge is 0.0548 e. The Morgan fingerprint density at radius 3 is 0.954 bits per heavy atom. The third-order valence-corrected chi connectivity index (χ3v) is 22.2. The van der Waals surface area contributed by atoms with E-state index in [0.717, 1.165) is 39.8 Å². The van der Waals surface area contributed by atoms with Crippen molar-refractivity contribution < 1.29 is 0 Å². The quantitative estimate of drug-likeness (QED) is 0.136. The minimum atomic E-state index is 1.11. The molecule has 2 aromatic heterocycles. The predicted molar refractivity (Wildman–Crippen MR) is 462 cm³/mol. The summed E-state index contributed by atoms with van der Waals surface area (Å²) in [5.41, 5.74) is 18.7. The molecule has 0 saturated carbocycles. The van der Waals surface area contributed by atoms with Crippen LogP contribution < -0.4 is 9.80 Å². The summed E-state index contributed by atoms with van der Waals surface area (Å²) in [6, 6.07) is 150. The standard InChI is InChI=1S/2C52H34N2/c1-2-16-41(17-3-1)53(42-28-24-36(25-29-42)40-23-22-35-12-4-5-15-39(35)34-40)47-32-33-48(46-21-11-10-20-45(46)47)54-49-30-26-37-13-6-8-18-43(37)51(49)52-44-19-9-7-14-38(44)27-31-50(52)54;1-2-14-43(15-3-1)53(44-26-20-36(21-27-44)40-19-18-35-10-4-5-13-39(35)32-40)45-28-22-42-34-46(29-23-41(42)33-45)54-49-30-24-37-11-6-8-16-47(37)51(49)52-48-17-9-7-12-38(48)25-31-50(52)54/h2*1-34H. The molecular weight excluding hydrogens is 1310 g/mol. The van der Waals surface area contributed by atoms with Crippen molar-refractivity contribution in [2.24, 2.45) is 0 Å². The van der Waals surface area contributed by atoms with Crippen molar-refractivity contribution in [1.29, 1.82) is 0 Å². The Balaban J connectivity index is 0.000000138. The number of anilines is 6. The fourth-order valence-corrected chi connectivity index (χ4v) is 17.2. The van der Waals surface area contributed by atoms with Crippen molar-refractivity contribution in [3.05, 3.63) is 413 Å². The van der Waals surface area contributed by atoms with Crippen LogP contribution in [0.5, 0.6) is 0 Å². The number of nitrogens with zero attached hydrogens (tertiary/aromatic N) is 4. The number of fused-ring (bicyclic) bond motifs is 18. The van der Waals surface area contributed by atoms with Crippen LogP contribution in [0.4, 0.5) is 34.1 Å². The maximum absolute atomic E-state index is 2.49. The monoisotopic (exact) mass is 1370 g/mol. The van der Waals surface area contributed by atoms with Crippen molar-refractivity contribution in [3.63, 3.8) is 0 Å². The summed E-state index contributed by atoms with van der Waals surface area (Å²) >= 11 is 0. The maximum Gasteiger partial charge on any atom is 0.0548 e. The highest BCUT2D eigenvalue weighted by molar-refractivity contribution is 6.30. The van der Waals surface area contributed by atoms with Gasteiger partial charge in [0.05, 0.1) is 33.4 Å². The lowest BCUT2D eigenvalue weighted by Crippen LogP contribution is -2.11. The summed E-state index contributed by atoms with van der Waals surface area (Å²) in [6.45, 7) is 0. The van der Waals surface area contributed by atoms with E-state index in [-0.39, 0.29) is 0 Å². The molecule has 0 atom stereocenters. The zero-order chi connectivity index (χ0) is 71.2. The number of rotatable bonds is 10. The van der Waals surface area contributed by atoms with Gasteiger partial charge in [0.25, 0.3) is 0 Å². The van der Waals surface area contributed by atoms with Crippen LogP contribution in [-0.4, -0.2) is 9.13 Å². The van der Waals surface area contributed by atoms with E-state index in [1.165, 1.54) is 158 Å². The lowest BCUT2D eigenvalue weighted by atomic mass is 10.00. The molecule has 4 nitrogen and oxygen atoms in total. The molecule has 0 aliphatic heterocycles. The molecule has 504 valence electrons. The van der Waals surface area contributed by atoms with Crippen LogP contribution in [-0.2, 0) is 0 Å². The van der Waals surface area contributed by atoms with Gasteiger partial charge in [-0.1, -0.05) is 291 Å². The second-order valence-corrected chi connectivity index (χ2v) is 28.3. The molecule has 0 aliphatic rings. The van der Waals surface area contributed by atoms with Crippen molar-refractivity contribution in [3.8, 4) is 33.6 Å². The zero-order valence-corrected chi connectivity index (χ0v) is 59.0. The van der Waals surface area contributed by atoms with Crippen LogP contribution in [0.25, 0.3) is 163 Å². The van der Waals surface area contributed by atoms with E-state index >= 15 is 0 Å². The van der Waals surface area contributed by atoms with Crippen molar-refractivity contribution in [1.82, 2.24) is 9.13 Å². The molecule has 4 heteroatoms. The number of aromatic nitrogens is 2. The normalized spacial score (nSPS) is 11.7. The van der Waals surface area contributed by atoms with Gasteiger partial charge in [0.2, 0.25) is 0 Å². The Hall–Kier alpha value is -14.3. The third kappa shape index (κ3) is 10.5. The Morgan fingerprint density at radius 1 is 0.167 bits per heavy atom. The van der Waals surface area contributed by atoms with E-state index in [9.17, 15) is 0 Å². The summed E-state index contributed by atoms with van der Waals surface area (Å²) in [5, 5.41) is 25.2.